The first-order chi connectivity index (χ1) is 10.1. The number of hydrogen-bond donors (Lipinski definition) is 1. The van der Waals surface area contributed by atoms with Crippen LogP contribution >= 0.6 is 39.3 Å². The molecule has 1 atom stereocenters. The van der Waals surface area contributed by atoms with Gasteiger partial charge in [0, 0.05) is 26.2 Å². The number of thioether (sulfide) groups is 1. The van der Waals surface area contributed by atoms with E-state index < -0.39 is 0 Å². The molecule has 2 aromatic rings. The molecule has 0 fully saturated rings. The number of rotatable bonds is 6. The molecule has 2 rings (SSSR count). The Kier molecular flexibility index (Phi) is 6.55. The maximum atomic E-state index is 13.9. The van der Waals surface area contributed by atoms with Gasteiger partial charge in [-0.3, -0.25) is 0 Å². The first-order valence-electron chi connectivity index (χ1n) is 6.58. The molecule has 0 radical (unpaired) electrons. The summed E-state index contributed by atoms with van der Waals surface area (Å²) >= 11 is 11.0. The van der Waals surface area contributed by atoms with Crippen molar-refractivity contribution < 1.29 is 4.39 Å². The lowest BCUT2D eigenvalue weighted by Crippen LogP contribution is -2.30. The van der Waals surface area contributed by atoms with Crippen molar-refractivity contribution in [3.8, 4) is 0 Å². The molecule has 0 aliphatic rings. The van der Waals surface area contributed by atoms with E-state index in [0.29, 0.717) is 6.42 Å². The van der Waals surface area contributed by atoms with Crippen molar-refractivity contribution in [2.75, 3.05) is 12.8 Å². The second-order valence-electron chi connectivity index (χ2n) is 4.69. The van der Waals surface area contributed by atoms with Crippen LogP contribution < -0.4 is 5.32 Å². The zero-order valence-electron chi connectivity index (χ0n) is 11.6. The van der Waals surface area contributed by atoms with Crippen LogP contribution in [0.25, 0.3) is 0 Å². The second kappa shape index (κ2) is 8.18. The standard InChI is InChI=1S/C16H16BrClFNS/c1-20-14(7-11-5-6-12(17)8-16(11)19)10-21-15-4-2-3-13(18)9-15/h2-6,8-9,14,20H,7,10H2,1H3. The highest BCUT2D eigenvalue weighted by Gasteiger charge is 2.11. The summed E-state index contributed by atoms with van der Waals surface area (Å²) in [6.07, 6.45) is 0.656. The largest absolute Gasteiger partial charge is 0.316 e. The van der Waals surface area contributed by atoms with Gasteiger partial charge in [0.2, 0.25) is 0 Å². The normalized spacial score (nSPS) is 12.4. The van der Waals surface area contributed by atoms with E-state index in [0.717, 1.165) is 25.7 Å². The Morgan fingerprint density at radius 2 is 2.10 bits per heavy atom. The summed E-state index contributed by atoms with van der Waals surface area (Å²) in [6, 6.07) is 13.2. The molecular weight excluding hydrogens is 373 g/mol. The van der Waals surface area contributed by atoms with E-state index in [9.17, 15) is 4.39 Å². The van der Waals surface area contributed by atoms with Crippen LogP contribution in [0.5, 0.6) is 0 Å². The minimum Gasteiger partial charge on any atom is -0.316 e. The highest BCUT2D eigenvalue weighted by atomic mass is 79.9. The van der Waals surface area contributed by atoms with Gasteiger partial charge in [-0.25, -0.2) is 4.39 Å². The monoisotopic (exact) mass is 387 g/mol. The maximum absolute atomic E-state index is 13.9. The van der Waals surface area contributed by atoms with Crippen molar-refractivity contribution in [3.63, 3.8) is 0 Å². The van der Waals surface area contributed by atoms with Gasteiger partial charge in [0.1, 0.15) is 5.82 Å². The zero-order chi connectivity index (χ0) is 15.2. The third-order valence-corrected chi connectivity index (χ3v) is 5.02. The third-order valence-electron chi connectivity index (χ3n) is 3.14. The summed E-state index contributed by atoms with van der Waals surface area (Å²) in [5.74, 6) is 0.684. The summed E-state index contributed by atoms with van der Waals surface area (Å²) in [6.45, 7) is 0. The molecule has 0 aliphatic heterocycles. The van der Waals surface area contributed by atoms with E-state index in [4.69, 9.17) is 11.6 Å². The van der Waals surface area contributed by atoms with Gasteiger partial charge in [-0.2, -0.15) is 0 Å². The van der Waals surface area contributed by atoms with Crippen molar-refractivity contribution in [1.29, 1.82) is 0 Å². The SMILES string of the molecule is CNC(CSc1cccc(Cl)c1)Cc1ccc(Br)cc1F. The molecule has 21 heavy (non-hydrogen) atoms. The molecule has 0 heterocycles. The summed E-state index contributed by atoms with van der Waals surface area (Å²) in [5.41, 5.74) is 0.726. The molecule has 112 valence electrons. The smallest absolute Gasteiger partial charge is 0.127 e. The van der Waals surface area contributed by atoms with E-state index in [1.54, 1.807) is 11.8 Å². The third kappa shape index (κ3) is 5.29. The summed E-state index contributed by atoms with van der Waals surface area (Å²) in [4.78, 5) is 1.12. The van der Waals surface area contributed by atoms with Crippen molar-refractivity contribution in [2.45, 2.75) is 17.4 Å². The lowest BCUT2D eigenvalue weighted by Gasteiger charge is -2.16. The van der Waals surface area contributed by atoms with Gasteiger partial charge >= 0.3 is 0 Å². The lowest BCUT2D eigenvalue weighted by atomic mass is 10.1. The van der Waals surface area contributed by atoms with Gasteiger partial charge in [0.25, 0.3) is 0 Å². The zero-order valence-corrected chi connectivity index (χ0v) is 14.7. The molecule has 2 aromatic carbocycles. The van der Waals surface area contributed by atoms with Crippen molar-refractivity contribution in [1.82, 2.24) is 5.32 Å². The van der Waals surface area contributed by atoms with Gasteiger partial charge in [0.15, 0.2) is 0 Å². The molecule has 0 saturated carbocycles. The fourth-order valence-electron chi connectivity index (χ4n) is 1.95. The van der Waals surface area contributed by atoms with Crippen LogP contribution in [-0.4, -0.2) is 18.8 Å². The van der Waals surface area contributed by atoms with E-state index in [-0.39, 0.29) is 11.9 Å². The summed E-state index contributed by atoms with van der Waals surface area (Å²) < 4.78 is 14.6. The quantitative estimate of drug-likeness (QED) is 0.686. The lowest BCUT2D eigenvalue weighted by molar-refractivity contribution is 0.568. The number of halogens is 3. The van der Waals surface area contributed by atoms with Crippen LogP contribution in [0.2, 0.25) is 5.02 Å². The van der Waals surface area contributed by atoms with Crippen LogP contribution in [0.4, 0.5) is 4.39 Å². The molecule has 0 amide bonds. The number of hydrogen-bond acceptors (Lipinski definition) is 2. The molecule has 1 unspecified atom stereocenters. The minimum absolute atomic E-state index is 0.169. The van der Waals surface area contributed by atoms with Crippen molar-refractivity contribution >= 4 is 39.3 Å². The second-order valence-corrected chi connectivity index (χ2v) is 7.14. The molecule has 0 aromatic heterocycles. The van der Waals surface area contributed by atoms with Gasteiger partial charge in [-0.15, -0.1) is 11.8 Å². The van der Waals surface area contributed by atoms with E-state index in [1.807, 2.05) is 43.4 Å². The maximum Gasteiger partial charge on any atom is 0.127 e. The molecular formula is C16H16BrClFNS. The van der Waals surface area contributed by atoms with Gasteiger partial charge in [-0.1, -0.05) is 39.7 Å². The predicted octanol–water partition coefficient (Wildman–Crippen LogP) is 5.16. The fourth-order valence-corrected chi connectivity index (χ4v) is 3.60. The van der Waals surface area contributed by atoms with Gasteiger partial charge in [-0.05, 0) is 49.4 Å². The molecule has 0 aliphatic carbocycles. The van der Waals surface area contributed by atoms with Crippen molar-refractivity contribution in [3.05, 3.63) is 63.3 Å². The van der Waals surface area contributed by atoms with Crippen LogP contribution in [0.15, 0.2) is 51.8 Å². The van der Waals surface area contributed by atoms with Gasteiger partial charge < -0.3 is 5.32 Å². The Hall–Kier alpha value is -0.550. The molecule has 0 saturated heterocycles. The Balaban J connectivity index is 1.97. The van der Waals surface area contributed by atoms with E-state index >= 15 is 0 Å². The van der Waals surface area contributed by atoms with Crippen LogP contribution in [0, 0.1) is 5.82 Å². The Morgan fingerprint density at radius 1 is 1.29 bits per heavy atom. The average Bonchev–Trinajstić information content (AvgIpc) is 2.45. The molecule has 1 N–H and O–H groups in total. The summed E-state index contributed by atoms with van der Waals surface area (Å²) in [7, 11) is 1.90. The molecule has 0 bridgehead atoms. The predicted molar refractivity (Wildman–Crippen MR) is 92.8 cm³/mol. The molecule has 5 heteroatoms. The van der Waals surface area contributed by atoms with E-state index in [1.165, 1.54) is 6.07 Å². The Bertz CT molecular complexity index is 609. The van der Waals surface area contributed by atoms with Crippen LogP contribution in [-0.2, 0) is 6.42 Å². The highest BCUT2D eigenvalue weighted by molar-refractivity contribution is 9.10. The highest BCUT2D eigenvalue weighted by Crippen LogP contribution is 2.23. The summed E-state index contributed by atoms with van der Waals surface area (Å²) in [5, 5.41) is 3.98. The van der Waals surface area contributed by atoms with Gasteiger partial charge in [0.05, 0.1) is 0 Å². The Labute approximate surface area is 142 Å². The molecule has 0 spiro atoms. The first kappa shape index (κ1) is 16.8. The number of likely N-dealkylation sites (N-methyl/N-ethyl adjacent to an activating group) is 1. The average molecular weight is 389 g/mol. The first-order valence-corrected chi connectivity index (χ1v) is 8.73. The number of benzene rings is 2. The topological polar surface area (TPSA) is 12.0 Å². The minimum atomic E-state index is -0.169. The van der Waals surface area contributed by atoms with Crippen LogP contribution in [0.1, 0.15) is 5.56 Å². The van der Waals surface area contributed by atoms with Crippen LogP contribution in [0.3, 0.4) is 0 Å². The fraction of sp³-hybridized carbons (Fsp3) is 0.250. The van der Waals surface area contributed by atoms with E-state index in [2.05, 4.69) is 21.2 Å². The number of nitrogens with one attached hydrogen (secondary N) is 1. The Morgan fingerprint density at radius 3 is 2.76 bits per heavy atom. The van der Waals surface area contributed by atoms with Crippen molar-refractivity contribution in [2.24, 2.45) is 0 Å². The molecule has 1 nitrogen and oxygen atoms in total.